The van der Waals surface area contributed by atoms with Gasteiger partial charge in [0, 0.05) is 19.6 Å². The van der Waals surface area contributed by atoms with Crippen LogP contribution < -0.4 is 0 Å². The quantitative estimate of drug-likeness (QED) is 0.646. The van der Waals surface area contributed by atoms with E-state index in [1.165, 1.54) is 37.7 Å². The van der Waals surface area contributed by atoms with E-state index in [-0.39, 0.29) is 0 Å². The molecular weight excluding hydrogens is 374 g/mol. The smallest absolute Gasteiger partial charge is 0.0758 e. The Bertz CT molecular complexity index is 672. The molecule has 1 heterocycles. The van der Waals surface area contributed by atoms with Gasteiger partial charge in [-0.1, -0.05) is 37.1 Å². The number of likely N-dealkylation sites (tertiary alicyclic amines) is 1. The summed E-state index contributed by atoms with van der Waals surface area (Å²) in [5.41, 5.74) is 2.68. The molecule has 4 nitrogen and oxygen atoms in total. The van der Waals surface area contributed by atoms with Crippen molar-refractivity contribution in [2.45, 2.75) is 96.4 Å². The van der Waals surface area contributed by atoms with Gasteiger partial charge in [0.15, 0.2) is 0 Å². The normalized spacial score (nSPS) is 46.5. The Labute approximate surface area is 183 Å². The predicted octanol–water partition coefficient (Wildman–Crippen LogP) is 4.05. The highest BCUT2D eigenvalue weighted by atomic mass is 16.3. The SMILES string of the molecule is C[C@H](CN1CC[C@](C)(O)C1)[C@H]1CC[C@H]2/C(=C/C=C3/C[C@@H](O)C[C@@H](O)C3)CCC[C@]12C. The van der Waals surface area contributed by atoms with Crippen LogP contribution in [0.15, 0.2) is 23.3 Å². The van der Waals surface area contributed by atoms with E-state index in [9.17, 15) is 15.3 Å². The van der Waals surface area contributed by atoms with E-state index in [0.29, 0.717) is 36.5 Å². The summed E-state index contributed by atoms with van der Waals surface area (Å²) in [6.45, 7) is 9.92. The van der Waals surface area contributed by atoms with Crippen LogP contribution in [0.1, 0.15) is 78.6 Å². The van der Waals surface area contributed by atoms with Gasteiger partial charge in [-0.15, -0.1) is 0 Å². The van der Waals surface area contributed by atoms with Gasteiger partial charge in [-0.3, -0.25) is 0 Å². The second-order valence-electron chi connectivity index (χ2n) is 11.6. The van der Waals surface area contributed by atoms with E-state index in [4.69, 9.17) is 0 Å². The molecule has 170 valence electrons. The summed E-state index contributed by atoms with van der Waals surface area (Å²) < 4.78 is 0. The van der Waals surface area contributed by atoms with Gasteiger partial charge in [0.1, 0.15) is 0 Å². The largest absolute Gasteiger partial charge is 0.393 e. The van der Waals surface area contributed by atoms with Crippen molar-refractivity contribution in [2.24, 2.45) is 23.2 Å². The van der Waals surface area contributed by atoms with Crippen molar-refractivity contribution >= 4 is 0 Å². The highest BCUT2D eigenvalue weighted by Gasteiger charge is 2.51. The van der Waals surface area contributed by atoms with E-state index < -0.39 is 17.8 Å². The standard InChI is InChI=1S/C26H43NO3/c1-18(16-27-12-11-25(2,30)17-27)23-8-9-24-20(5-4-10-26(23,24)3)7-6-19-13-21(28)15-22(29)14-19/h6-7,18,21-24,28-30H,4-5,8-17H2,1-3H3/b19-6-,20-7+/t18-,21-,22+,23-,24+,25+,26-/m1/s1. The molecule has 0 aromatic heterocycles. The van der Waals surface area contributed by atoms with Gasteiger partial charge in [0.2, 0.25) is 0 Å². The monoisotopic (exact) mass is 417 g/mol. The van der Waals surface area contributed by atoms with Gasteiger partial charge in [0.05, 0.1) is 17.8 Å². The third kappa shape index (κ3) is 4.72. The lowest BCUT2D eigenvalue weighted by Gasteiger charge is -2.45. The zero-order valence-corrected chi connectivity index (χ0v) is 19.3. The minimum absolute atomic E-state index is 0.385. The maximum absolute atomic E-state index is 10.3. The van der Waals surface area contributed by atoms with Crippen LogP contribution in [-0.2, 0) is 0 Å². The summed E-state index contributed by atoms with van der Waals surface area (Å²) in [4.78, 5) is 2.48. The summed E-state index contributed by atoms with van der Waals surface area (Å²) in [6, 6.07) is 0. The minimum atomic E-state index is -0.504. The first-order valence-electron chi connectivity index (χ1n) is 12.4. The number of β-amino-alcohol motifs (C(OH)–C–C–N with tert-alkyl or cyclic N) is 1. The van der Waals surface area contributed by atoms with Crippen LogP contribution in [0.2, 0.25) is 0 Å². The van der Waals surface area contributed by atoms with Crippen LogP contribution in [-0.4, -0.2) is 57.7 Å². The summed E-state index contributed by atoms with van der Waals surface area (Å²) in [5, 5.41) is 30.3. The molecule has 7 atom stereocenters. The maximum Gasteiger partial charge on any atom is 0.0758 e. The Kier molecular flexibility index (Phi) is 6.52. The molecule has 4 aliphatic rings. The molecule has 0 aromatic rings. The van der Waals surface area contributed by atoms with Crippen LogP contribution in [0.3, 0.4) is 0 Å². The molecule has 4 heteroatoms. The van der Waals surface area contributed by atoms with E-state index >= 15 is 0 Å². The fourth-order valence-corrected chi connectivity index (χ4v) is 7.47. The zero-order valence-electron chi connectivity index (χ0n) is 19.3. The molecule has 1 saturated heterocycles. The molecule has 4 fully saturated rings. The van der Waals surface area contributed by atoms with Gasteiger partial charge in [-0.05, 0) is 87.9 Å². The summed E-state index contributed by atoms with van der Waals surface area (Å²) in [7, 11) is 0. The van der Waals surface area contributed by atoms with Crippen LogP contribution in [0.5, 0.6) is 0 Å². The number of aliphatic hydroxyl groups excluding tert-OH is 2. The number of hydrogen-bond acceptors (Lipinski definition) is 4. The maximum atomic E-state index is 10.3. The summed E-state index contributed by atoms with van der Waals surface area (Å²) >= 11 is 0. The first-order chi connectivity index (χ1) is 14.2. The Morgan fingerprint density at radius 2 is 1.83 bits per heavy atom. The molecule has 1 aliphatic heterocycles. The van der Waals surface area contributed by atoms with Crippen molar-refractivity contribution in [1.29, 1.82) is 0 Å². The molecule has 0 unspecified atom stereocenters. The van der Waals surface area contributed by atoms with Gasteiger partial charge >= 0.3 is 0 Å². The topological polar surface area (TPSA) is 63.9 Å². The van der Waals surface area contributed by atoms with Gasteiger partial charge in [-0.2, -0.15) is 0 Å². The lowest BCUT2D eigenvalue weighted by Crippen LogP contribution is -2.40. The highest BCUT2D eigenvalue weighted by molar-refractivity contribution is 5.26. The average molecular weight is 418 g/mol. The number of fused-ring (bicyclic) bond motifs is 1. The summed E-state index contributed by atoms with van der Waals surface area (Å²) in [6.07, 6.45) is 13.0. The Balaban J connectivity index is 1.44. The predicted molar refractivity (Wildman–Crippen MR) is 121 cm³/mol. The van der Waals surface area contributed by atoms with Gasteiger partial charge in [0.25, 0.3) is 0 Å². The van der Waals surface area contributed by atoms with Gasteiger partial charge in [-0.25, -0.2) is 0 Å². The first-order valence-corrected chi connectivity index (χ1v) is 12.4. The third-order valence-corrected chi connectivity index (χ3v) is 8.87. The number of allylic oxidation sites excluding steroid dienone is 3. The van der Waals surface area contributed by atoms with Crippen LogP contribution in [0.25, 0.3) is 0 Å². The number of rotatable bonds is 4. The molecule has 3 saturated carbocycles. The fourth-order valence-electron chi connectivity index (χ4n) is 7.47. The van der Waals surface area contributed by atoms with E-state index in [1.807, 2.05) is 6.92 Å². The molecule has 0 radical (unpaired) electrons. The van der Waals surface area contributed by atoms with Crippen molar-refractivity contribution in [3.8, 4) is 0 Å². The van der Waals surface area contributed by atoms with Crippen molar-refractivity contribution in [2.75, 3.05) is 19.6 Å². The Morgan fingerprint density at radius 3 is 2.50 bits per heavy atom. The number of hydrogen-bond donors (Lipinski definition) is 3. The van der Waals surface area contributed by atoms with Crippen LogP contribution in [0, 0.1) is 23.2 Å². The molecule has 0 aromatic carbocycles. The number of aliphatic hydroxyl groups is 3. The minimum Gasteiger partial charge on any atom is -0.393 e. The van der Waals surface area contributed by atoms with Crippen LogP contribution in [0.4, 0.5) is 0 Å². The molecule has 0 spiro atoms. The van der Waals surface area contributed by atoms with Crippen LogP contribution >= 0.6 is 0 Å². The molecule has 4 rings (SSSR count). The molecule has 30 heavy (non-hydrogen) atoms. The highest BCUT2D eigenvalue weighted by Crippen LogP contribution is 2.59. The second kappa shape index (κ2) is 8.69. The molecule has 0 bridgehead atoms. The fraction of sp³-hybridized carbons (Fsp3) is 0.846. The number of nitrogens with zero attached hydrogens (tertiary/aromatic N) is 1. The van der Waals surface area contributed by atoms with Crippen molar-refractivity contribution < 1.29 is 15.3 Å². The lowest BCUT2D eigenvalue weighted by molar-refractivity contribution is 0.0547. The molecule has 0 amide bonds. The van der Waals surface area contributed by atoms with E-state index in [1.54, 1.807) is 5.57 Å². The summed E-state index contributed by atoms with van der Waals surface area (Å²) in [5.74, 6) is 2.09. The Hall–Kier alpha value is -0.680. The first kappa shape index (κ1) is 22.5. The van der Waals surface area contributed by atoms with Gasteiger partial charge < -0.3 is 20.2 Å². The van der Waals surface area contributed by atoms with Crippen molar-refractivity contribution in [1.82, 2.24) is 4.90 Å². The molecule has 3 aliphatic carbocycles. The molecule has 3 N–H and O–H groups in total. The zero-order chi connectivity index (χ0) is 21.5. The van der Waals surface area contributed by atoms with E-state index in [2.05, 4.69) is 30.9 Å². The second-order valence-corrected chi connectivity index (χ2v) is 11.6. The average Bonchev–Trinajstić information content (AvgIpc) is 3.18. The third-order valence-electron chi connectivity index (χ3n) is 8.87. The Morgan fingerprint density at radius 1 is 1.10 bits per heavy atom. The van der Waals surface area contributed by atoms with Crippen molar-refractivity contribution in [3.63, 3.8) is 0 Å². The van der Waals surface area contributed by atoms with E-state index in [0.717, 1.165) is 32.0 Å². The lowest BCUT2D eigenvalue weighted by atomic mass is 9.61. The molecular formula is C26H43NO3. The van der Waals surface area contributed by atoms with Crippen molar-refractivity contribution in [3.05, 3.63) is 23.3 Å².